The normalized spacial score (nSPS) is 14.0. The molecule has 0 saturated heterocycles. The topological polar surface area (TPSA) is 85.3 Å². The molecule has 7 nitrogen and oxygen atoms in total. The van der Waals surface area contributed by atoms with Crippen molar-refractivity contribution in [1.29, 1.82) is 0 Å². The number of carbonyl (C=O) groups is 1. The average Bonchev–Trinajstić information content (AvgIpc) is 3.06. The second-order valence-electron chi connectivity index (χ2n) is 5.65. The molecule has 25 heavy (non-hydrogen) atoms. The first-order chi connectivity index (χ1) is 12.2. The fourth-order valence-corrected chi connectivity index (χ4v) is 4.19. The van der Waals surface area contributed by atoms with Crippen molar-refractivity contribution in [2.45, 2.75) is 42.3 Å². The molecule has 1 aliphatic rings. The predicted molar refractivity (Wildman–Crippen MR) is 94.5 cm³/mol. The van der Waals surface area contributed by atoms with E-state index < -0.39 is 0 Å². The number of hydrogen-bond donors (Lipinski definition) is 0. The monoisotopic (exact) mass is 376 g/mol. The lowest BCUT2D eigenvalue weighted by molar-refractivity contribution is -0.118. The molecule has 3 aromatic heterocycles. The SMILES string of the molecule is CCC(=O)N(c1nnc(SCc2cc(-c3ccco3)on2)s1)C1CC1. The summed E-state index contributed by atoms with van der Waals surface area (Å²) in [5, 5.41) is 13.1. The van der Waals surface area contributed by atoms with E-state index in [1.54, 1.807) is 17.2 Å². The Kier molecular flexibility index (Phi) is 4.58. The lowest BCUT2D eigenvalue weighted by Gasteiger charge is -2.17. The van der Waals surface area contributed by atoms with E-state index in [1.165, 1.54) is 23.1 Å². The summed E-state index contributed by atoms with van der Waals surface area (Å²) in [6, 6.07) is 5.78. The Balaban J connectivity index is 1.40. The van der Waals surface area contributed by atoms with Gasteiger partial charge in [0, 0.05) is 24.3 Å². The standard InChI is InChI=1S/C16H16N4O3S2/c1-2-14(21)20(11-5-6-11)15-17-18-16(25-15)24-9-10-8-13(23-19-10)12-4-3-7-22-12/h3-4,7-8,11H,2,5-6,9H2,1H3. The van der Waals surface area contributed by atoms with E-state index in [1.807, 2.05) is 19.1 Å². The van der Waals surface area contributed by atoms with E-state index in [0.717, 1.165) is 22.9 Å². The van der Waals surface area contributed by atoms with Gasteiger partial charge in [-0.05, 0) is 25.0 Å². The van der Waals surface area contributed by atoms with Gasteiger partial charge < -0.3 is 8.94 Å². The zero-order chi connectivity index (χ0) is 17.2. The molecule has 0 aliphatic heterocycles. The number of nitrogens with zero attached hydrogens (tertiary/aromatic N) is 4. The van der Waals surface area contributed by atoms with Crippen molar-refractivity contribution >= 4 is 34.1 Å². The number of hydrogen-bond acceptors (Lipinski definition) is 8. The highest BCUT2D eigenvalue weighted by molar-refractivity contribution is 8.00. The molecule has 1 aliphatic carbocycles. The van der Waals surface area contributed by atoms with Crippen molar-refractivity contribution in [2.24, 2.45) is 0 Å². The van der Waals surface area contributed by atoms with Crippen molar-refractivity contribution in [1.82, 2.24) is 15.4 Å². The van der Waals surface area contributed by atoms with Crippen LogP contribution in [0.25, 0.3) is 11.5 Å². The molecule has 3 aromatic rings. The van der Waals surface area contributed by atoms with Gasteiger partial charge in [0.15, 0.2) is 10.1 Å². The van der Waals surface area contributed by atoms with Gasteiger partial charge in [-0.15, -0.1) is 10.2 Å². The van der Waals surface area contributed by atoms with Crippen LogP contribution in [0.4, 0.5) is 5.13 Å². The van der Waals surface area contributed by atoms with Crippen molar-refractivity contribution in [3.8, 4) is 11.5 Å². The van der Waals surface area contributed by atoms with Crippen LogP contribution < -0.4 is 4.90 Å². The molecule has 4 rings (SSSR count). The van der Waals surface area contributed by atoms with Gasteiger partial charge >= 0.3 is 0 Å². The summed E-state index contributed by atoms with van der Waals surface area (Å²) in [5.74, 6) is 1.98. The average molecular weight is 376 g/mol. The molecule has 0 radical (unpaired) electrons. The molecule has 1 amide bonds. The summed E-state index contributed by atoms with van der Waals surface area (Å²) in [4.78, 5) is 13.9. The number of aromatic nitrogens is 3. The number of carbonyl (C=O) groups excluding carboxylic acids is 1. The maximum atomic E-state index is 12.1. The summed E-state index contributed by atoms with van der Waals surface area (Å²) in [6.45, 7) is 1.87. The summed E-state index contributed by atoms with van der Waals surface area (Å²) in [7, 11) is 0. The van der Waals surface area contributed by atoms with Gasteiger partial charge in [-0.2, -0.15) is 0 Å². The molecule has 9 heteroatoms. The minimum absolute atomic E-state index is 0.106. The number of anilines is 1. The Labute approximate surface area is 152 Å². The third-order valence-corrected chi connectivity index (χ3v) is 5.84. The smallest absolute Gasteiger partial charge is 0.228 e. The van der Waals surface area contributed by atoms with Gasteiger partial charge in [-0.25, -0.2) is 0 Å². The first-order valence-corrected chi connectivity index (χ1v) is 9.82. The molecule has 0 spiro atoms. The minimum Gasteiger partial charge on any atom is -0.461 e. The van der Waals surface area contributed by atoms with Crippen LogP contribution in [0, 0.1) is 0 Å². The maximum Gasteiger partial charge on any atom is 0.228 e. The Morgan fingerprint density at radius 3 is 3.00 bits per heavy atom. The van der Waals surface area contributed by atoms with Gasteiger partial charge in [0.1, 0.15) is 0 Å². The Morgan fingerprint density at radius 2 is 2.28 bits per heavy atom. The summed E-state index contributed by atoms with van der Waals surface area (Å²) in [6.07, 6.45) is 4.16. The zero-order valence-electron chi connectivity index (χ0n) is 13.5. The quantitative estimate of drug-likeness (QED) is 0.455. The van der Waals surface area contributed by atoms with Gasteiger partial charge in [0.25, 0.3) is 0 Å². The molecular weight excluding hydrogens is 360 g/mol. The summed E-state index contributed by atoms with van der Waals surface area (Å²) < 4.78 is 11.4. The molecule has 3 heterocycles. The molecular formula is C16H16N4O3S2. The number of thioether (sulfide) groups is 1. The van der Waals surface area contributed by atoms with Crippen LogP contribution >= 0.6 is 23.1 Å². The van der Waals surface area contributed by atoms with E-state index in [0.29, 0.717) is 34.9 Å². The van der Waals surface area contributed by atoms with Crippen LogP contribution in [0.2, 0.25) is 0 Å². The van der Waals surface area contributed by atoms with Crippen LogP contribution in [0.3, 0.4) is 0 Å². The highest BCUT2D eigenvalue weighted by Gasteiger charge is 2.35. The van der Waals surface area contributed by atoms with Crippen LogP contribution in [-0.4, -0.2) is 27.3 Å². The van der Waals surface area contributed by atoms with Crippen molar-refractivity contribution < 1.29 is 13.7 Å². The van der Waals surface area contributed by atoms with Gasteiger partial charge in [0.05, 0.1) is 12.0 Å². The first kappa shape index (κ1) is 16.3. The van der Waals surface area contributed by atoms with Crippen LogP contribution in [-0.2, 0) is 10.5 Å². The predicted octanol–water partition coefficient (Wildman–Crippen LogP) is 3.98. The van der Waals surface area contributed by atoms with E-state index in [9.17, 15) is 4.79 Å². The number of amides is 1. The molecule has 1 saturated carbocycles. The molecule has 0 unspecified atom stereocenters. The molecule has 0 N–H and O–H groups in total. The van der Waals surface area contributed by atoms with E-state index >= 15 is 0 Å². The van der Waals surface area contributed by atoms with Crippen molar-refractivity contribution in [2.75, 3.05) is 4.90 Å². The van der Waals surface area contributed by atoms with Crippen LogP contribution in [0.1, 0.15) is 31.9 Å². The Bertz CT molecular complexity index is 855. The Morgan fingerprint density at radius 1 is 1.40 bits per heavy atom. The van der Waals surface area contributed by atoms with Gasteiger partial charge in [-0.3, -0.25) is 9.69 Å². The summed E-state index contributed by atoms with van der Waals surface area (Å²) >= 11 is 2.97. The fraction of sp³-hybridized carbons (Fsp3) is 0.375. The third-order valence-electron chi connectivity index (χ3n) is 3.75. The lowest BCUT2D eigenvalue weighted by Crippen LogP contribution is -2.32. The van der Waals surface area contributed by atoms with Crippen LogP contribution in [0.5, 0.6) is 0 Å². The molecule has 1 fully saturated rings. The first-order valence-electron chi connectivity index (χ1n) is 8.02. The van der Waals surface area contributed by atoms with Gasteiger partial charge in [0.2, 0.25) is 16.8 Å². The molecule has 0 bridgehead atoms. The highest BCUT2D eigenvalue weighted by atomic mass is 32.2. The second-order valence-corrected chi connectivity index (χ2v) is 7.83. The maximum absolute atomic E-state index is 12.1. The van der Waals surface area contributed by atoms with Crippen molar-refractivity contribution in [3.05, 3.63) is 30.2 Å². The van der Waals surface area contributed by atoms with E-state index in [2.05, 4.69) is 15.4 Å². The second kappa shape index (κ2) is 7.01. The van der Waals surface area contributed by atoms with Crippen LogP contribution in [0.15, 0.2) is 37.7 Å². The number of rotatable bonds is 7. The minimum atomic E-state index is 0.106. The van der Waals surface area contributed by atoms with Gasteiger partial charge in [-0.1, -0.05) is 35.2 Å². The van der Waals surface area contributed by atoms with E-state index in [-0.39, 0.29) is 5.91 Å². The zero-order valence-corrected chi connectivity index (χ0v) is 15.2. The molecule has 130 valence electrons. The third kappa shape index (κ3) is 3.62. The lowest BCUT2D eigenvalue weighted by atomic mass is 10.3. The van der Waals surface area contributed by atoms with Crippen molar-refractivity contribution in [3.63, 3.8) is 0 Å². The fourth-order valence-electron chi connectivity index (χ4n) is 2.38. The largest absolute Gasteiger partial charge is 0.461 e. The Hall–Kier alpha value is -2.13. The summed E-state index contributed by atoms with van der Waals surface area (Å²) in [5.41, 5.74) is 0.803. The molecule has 0 aromatic carbocycles. The number of furan rings is 1. The highest BCUT2D eigenvalue weighted by Crippen LogP contribution is 2.37. The molecule has 0 atom stereocenters. The van der Waals surface area contributed by atoms with E-state index in [4.69, 9.17) is 8.94 Å².